The van der Waals surface area contributed by atoms with E-state index in [0.717, 1.165) is 17.0 Å². The largest absolute Gasteiger partial charge is 0.465 e. The predicted octanol–water partition coefficient (Wildman–Crippen LogP) is 1.95. The quantitative estimate of drug-likeness (QED) is 0.427. The van der Waals surface area contributed by atoms with Crippen LogP contribution in [0, 0.1) is 11.3 Å². The summed E-state index contributed by atoms with van der Waals surface area (Å²) in [6.07, 6.45) is 0. The Morgan fingerprint density at radius 2 is 2.29 bits per heavy atom. The molecule has 114 valence electrons. The molecule has 0 aromatic heterocycles. The van der Waals surface area contributed by atoms with Crippen molar-refractivity contribution in [2.45, 2.75) is 18.4 Å². The molecule has 0 saturated heterocycles. The first kappa shape index (κ1) is 17.5. The highest BCUT2D eigenvalue weighted by atomic mass is 32.2. The molecule has 1 aromatic rings. The first-order valence-electron chi connectivity index (χ1n) is 6.72. The monoisotopic (exact) mass is 308 g/mol. The zero-order valence-electron chi connectivity index (χ0n) is 12.3. The number of rotatable bonds is 9. The third-order valence-electron chi connectivity index (χ3n) is 2.63. The van der Waals surface area contributed by atoms with E-state index in [1.54, 1.807) is 14.0 Å². The Kier molecular flexibility index (Phi) is 8.51. The molecule has 1 aromatic carbocycles. The molecule has 1 rings (SSSR count). The Bertz CT molecular complexity index is 500. The number of methoxy groups -OCH3 is 1. The summed E-state index contributed by atoms with van der Waals surface area (Å²) >= 11 is 1.32. The Balaban J connectivity index is 2.58. The van der Waals surface area contributed by atoms with E-state index in [4.69, 9.17) is 9.47 Å². The van der Waals surface area contributed by atoms with Gasteiger partial charge in [0, 0.05) is 25.1 Å². The van der Waals surface area contributed by atoms with Crippen molar-refractivity contribution in [3.05, 3.63) is 29.3 Å². The van der Waals surface area contributed by atoms with Gasteiger partial charge in [-0.25, -0.2) is 0 Å². The average Bonchev–Trinajstić information content (AvgIpc) is 2.50. The topological polar surface area (TPSA) is 71.3 Å². The number of ether oxygens (including phenoxy) is 2. The van der Waals surface area contributed by atoms with Gasteiger partial charge in [-0.3, -0.25) is 4.79 Å². The van der Waals surface area contributed by atoms with Crippen molar-refractivity contribution >= 4 is 17.7 Å². The van der Waals surface area contributed by atoms with E-state index in [9.17, 15) is 10.1 Å². The summed E-state index contributed by atoms with van der Waals surface area (Å²) < 4.78 is 9.83. The van der Waals surface area contributed by atoms with Gasteiger partial charge in [-0.1, -0.05) is 6.07 Å². The van der Waals surface area contributed by atoms with Gasteiger partial charge in [0.1, 0.15) is 6.07 Å². The summed E-state index contributed by atoms with van der Waals surface area (Å²) in [6.45, 7) is 4.24. The highest BCUT2D eigenvalue weighted by molar-refractivity contribution is 8.00. The molecule has 0 aliphatic carbocycles. The number of carbonyl (C=O) groups is 1. The fourth-order valence-electron chi connectivity index (χ4n) is 1.65. The molecule has 0 atom stereocenters. The van der Waals surface area contributed by atoms with E-state index >= 15 is 0 Å². The molecule has 0 fully saturated rings. The molecular formula is C15H20N2O3S. The standard InChI is InChI=1S/C15H20N2O3S/c1-3-20-15(18)11-21-14-5-4-12(8-13(14)9-16)10-17-6-7-19-2/h4-5,8,17H,3,6-7,10-11H2,1-2H3. The molecule has 5 nitrogen and oxygen atoms in total. The molecule has 0 aliphatic rings. The summed E-state index contributed by atoms with van der Waals surface area (Å²) in [6, 6.07) is 7.83. The number of hydrogen-bond acceptors (Lipinski definition) is 6. The number of nitrogens with zero attached hydrogens (tertiary/aromatic N) is 1. The molecule has 0 bridgehead atoms. The molecule has 21 heavy (non-hydrogen) atoms. The Hall–Kier alpha value is -1.55. The van der Waals surface area contributed by atoms with Crippen molar-refractivity contribution in [3.63, 3.8) is 0 Å². The fraction of sp³-hybridized carbons (Fsp3) is 0.467. The normalized spacial score (nSPS) is 10.1. The van der Waals surface area contributed by atoms with E-state index in [2.05, 4.69) is 11.4 Å². The lowest BCUT2D eigenvalue weighted by atomic mass is 10.1. The first-order chi connectivity index (χ1) is 10.2. The zero-order chi connectivity index (χ0) is 15.5. The van der Waals surface area contributed by atoms with Crippen LogP contribution in [0.15, 0.2) is 23.1 Å². The van der Waals surface area contributed by atoms with Crippen LogP contribution in [-0.4, -0.2) is 38.6 Å². The van der Waals surface area contributed by atoms with E-state index in [0.29, 0.717) is 25.3 Å². The minimum atomic E-state index is -0.267. The lowest BCUT2D eigenvalue weighted by Gasteiger charge is -2.08. The molecule has 0 heterocycles. The minimum absolute atomic E-state index is 0.216. The van der Waals surface area contributed by atoms with Crippen molar-refractivity contribution < 1.29 is 14.3 Å². The molecule has 0 spiro atoms. The van der Waals surface area contributed by atoms with E-state index in [1.807, 2.05) is 18.2 Å². The summed E-state index contributed by atoms with van der Waals surface area (Å²) in [7, 11) is 1.66. The number of hydrogen-bond donors (Lipinski definition) is 1. The smallest absolute Gasteiger partial charge is 0.316 e. The Labute approximate surface area is 129 Å². The summed E-state index contributed by atoms with van der Waals surface area (Å²) in [4.78, 5) is 12.1. The van der Waals surface area contributed by atoms with Gasteiger partial charge in [-0.2, -0.15) is 5.26 Å². The van der Waals surface area contributed by atoms with Gasteiger partial charge >= 0.3 is 5.97 Å². The van der Waals surface area contributed by atoms with Gasteiger partial charge in [-0.15, -0.1) is 11.8 Å². The maximum absolute atomic E-state index is 11.3. The highest BCUT2D eigenvalue weighted by Crippen LogP contribution is 2.23. The van der Waals surface area contributed by atoms with Crippen molar-refractivity contribution in [2.24, 2.45) is 0 Å². The van der Waals surface area contributed by atoms with E-state index in [1.165, 1.54) is 11.8 Å². The molecule has 0 amide bonds. The van der Waals surface area contributed by atoms with Gasteiger partial charge in [0.15, 0.2) is 0 Å². The van der Waals surface area contributed by atoms with E-state index in [-0.39, 0.29) is 11.7 Å². The average molecular weight is 308 g/mol. The van der Waals surface area contributed by atoms with Crippen LogP contribution < -0.4 is 5.32 Å². The molecule has 0 radical (unpaired) electrons. The first-order valence-corrected chi connectivity index (χ1v) is 7.71. The van der Waals surface area contributed by atoms with Crippen molar-refractivity contribution in [1.29, 1.82) is 5.26 Å². The van der Waals surface area contributed by atoms with Crippen LogP contribution in [0.2, 0.25) is 0 Å². The molecule has 0 saturated carbocycles. The third kappa shape index (κ3) is 6.63. The Morgan fingerprint density at radius 3 is 2.95 bits per heavy atom. The summed E-state index contributed by atoms with van der Waals surface area (Å²) in [5.41, 5.74) is 1.61. The summed E-state index contributed by atoms with van der Waals surface area (Å²) in [5.74, 6) is -0.0507. The van der Waals surface area contributed by atoms with Crippen LogP contribution in [0.25, 0.3) is 0 Å². The third-order valence-corrected chi connectivity index (χ3v) is 3.67. The highest BCUT2D eigenvalue weighted by Gasteiger charge is 2.08. The lowest BCUT2D eigenvalue weighted by molar-refractivity contribution is -0.139. The Morgan fingerprint density at radius 1 is 1.48 bits per heavy atom. The minimum Gasteiger partial charge on any atom is -0.465 e. The van der Waals surface area contributed by atoms with Crippen LogP contribution in [0.4, 0.5) is 0 Å². The molecule has 0 aliphatic heterocycles. The number of thioether (sulfide) groups is 1. The second-order valence-corrected chi connectivity index (χ2v) is 5.22. The van der Waals surface area contributed by atoms with Gasteiger partial charge in [0.2, 0.25) is 0 Å². The predicted molar refractivity (Wildman–Crippen MR) is 82.1 cm³/mol. The van der Waals surface area contributed by atoms with Gasteiger partial charge < -0.3 is 14.8 Å². The number of esters is 1. The maximum Gasteiger partial charge on any atom is 0.316 e. The van der Waals surface area contributed by atoms with Crippen LogP contribution in [0.3, 0.4) is 0 Å². The zero-order valence-corrected chi connectivity index (χ0v) is 13.2. The van der Waals surface area contributed by atoms with Gasteiger partial charge in [-0.05, 0) is 24.6 Å². The van der Waals surface area contributed by atoms with Crippen LogP contribution >= 0.6 is 11.8 Å². The maximum atomic E-state index is 11.3. The van der Waals surface area contributed by atoms with Crippen molar-refractivity contribution in [1.82, 2.24) is 5.32 Å². The van der Waals surface area contributed by atoms with Gasteiger partial charge in [0.25, 0.3) is 0 Å². The van der Waals surface area contributed by atoms with Crippen LogP contribution in [0.1, 0.15) is 18.1 Å². The molecule has 6 heteroatoms. The molecule has 0 unspecified atom stereocenters. The lowest BCUT2D eigenvalue weighted by Crippen LogP contribution is -2.18. The van der Waals surface area contributed by atoms with Gasteiger partial charge in [0.05, 0.1) is 24.5 Å². The second kappa shape index (κ2) is 10.2. The summed E-state index contributed by atoms with van der Waals surface area (Å²) in [5, 5.41) is 12.4. The van der Waals surface area contributed by atoms with Crippen LogP contribution in [-0.2, 0) is 20.8 Å². The number of nitriles is 1. The SMILES string of the molecule is CCOC(=O)CSc1ccc(CNCCOC)cc1C#N. The molecule has 1 N–H and O–H groups in total. The number of nitrogens with one attached hydrogen (secondary N) is 1. The fourth-order valence-corrected chi connectivity index (χ4v) is 2.43. The number of carbonyl (C=O) groups excluding carboxylic acids is 1. The second-order valence-electron chi connectivity index (χ2n) is 4.21. The van der Waals surface area contributed by atoms with Crippen molar-refractivity contribution in [2.75, 3.05) is 32.6 Å². The van der Waals surface area contributed by atoms with Crippen molar-refractivity contribution in [3.8, 4) is 6.07 Å². The van der Waals surface area contributed by atoms with E-state index < -0.39 is 0 Å². The molecular weight excluding hydrogens is 288 g/mol. The van der Waals surface area contributed by atoms with Crippen LogP contribution in [0.5, 0.6) is 0 Å². The number of benzene rings is 1.